The first-order valence-corrected chi connectivity index (χ1v) is 7.51. The van der Waals surface area contributed by atoms with Gasteiger partial charge in [-0.3, -0.25) is 0 Å². The highest BCUT2D eigenvalue weighted by Gasteiger charge is 2.28. The molecule has 0 amide bonds. The number of anilines is 2. The number of ether oxygens (including phenoxy) is 1. The largest absolute Gasteiger partial charge is 0.462 e. The van der Waals surface area contributed by atoms with Crippen LogP contribution in [0.1, 0.15) is 30.1 Å². The van der Waals surface area contributed by atoms with Crippen LogP contribution in [0.4, 0.5) is 11.4 Å². The number of hydrogen-bond acceptors (Lipinski definition) is 5. The molecular formula is C16H25N3O2. The first-order valence-electron chi connectivity index (χ1n) is 7.51. The zero-order valence-corrected chi connectivity index (χ0v) is 13.1. The molecule has 5 nitrogen and oxygen atoms in total. The van der Waals surface area contributed by atoms with Crippen molar-refractivity contribution in [1.82, 2.24) is 4.90 Å². The summed E-state index contributed by atoms with van der Waals surface area (Å²) in [5.74, 6) is -0.296. The maximum absolute atomic E-state index is 12.2. The standard InChI is InChI=1S/C16H25N3O2/c1-4-21-16(20)14-10-12(17)7-8-15(14)19-9-5-6-13(19)11-18(2)3/h7-8,10,13H,4-6,9,11,17H2,1-3H3. The van der Waals surface area contributed by atoms with Crippen LogP contribution in [-0.4, -0.2) is 50.7 Å². The average molecular weight is 291 g/mol. The molecule has 116 valence electrons. The third-order valence-electron chi connectivity index (χ3n) is 3.78. The van der Waals surface area contributed by atoms with E-state index in [2.05, 4.69) is 23.9 Å². The first kappa shape index (κ1) is 15.6. The number of likely N-dealkylation sites (N-methyl/N-ethyl adjacent to an activating group) is 1. The molecular weight excluding hydrogens is 266 g/mol. The molecule has 2 N–H and O–H groups in total. The highest BCUT2D eigenvalue weighted by molar-refractivity contribution is 5.97. The second kappa shape index (κ2) is 6.80. The van der Waals surface area contributed by atoms with Gasteiger partial charge in [-0.2, -0.15) is 0 Å². The SMILES string of the molecule is CCOC(=O)c1cc(N)ccc1N1CCCC1CN(C)C. The summed E-state index contributed by atoms with van der Waals surface area (Å²) in [7, 11) is 4.15. The van der Waals surface area contributed by atoms with Crippen LogP contribution in [0.2, 0.25) is 0 Å². The molecule has 21 heavy (non-hydrogen) atoms. The average Bonchev–Trinajstić information content (AvgIpc) is 2.86. The van der Waals surface area contributed by atoms with Crippen LogP contribution in [0.3, 0.4) is 0 Å². The van der Waals surface area contributed by atoms with Gasteiger partial charge < -0.3 is 20.3 Å². The van der Waals surface area contributed by atoms with E-state index < -0.39 is 0 Å². The van der Waals surface area contributed by atoms with Gasteiger partial charge >= 0.3 is 5.97 Å². The van der Waals surface area contributed by atoms with Crippen molar-refractivity contribution in [2.45, 2.75) is 25.8 Å². The Hall–Kier alpha value is -1.75. The van der Waals surface area contributed by atoms with Crippen LogP contribution in [0, 0.1) is 0 Å². The Balaban J connectivity index is 2.31. The summed E-state index contributed by atoms with van der Waals surface area (Å²) in [6.07, 6.45) is 2.29. The molecule has 0 spiro atoms. The van der Waals surface area contributed by atoms with Crippen LogP contribution in [0.25, 0.3) is 0 Å². The molecule has 0 radical (unpaired) electrons. The zero-order chi connectivity index (χ0) is 15.4. The Kier molecular flexibility index (Phi) is 5.07. The number of benzene rings is 1. The van der Waals surface area contributed by atoms with E-state index >= 15 is 0 Å². The lowest BCUT2D eigenvalue weighted by Gasteiger charge is -2.30. The van der Waals surface area contributed by atoms with Gasteiger partial charge in [-0.1, -0.05) is 0 Å². The van der Waals surface area contributed by atoms with Crippen molar-refractivity contribution in [3.8, 4) is 0 Å². The minimum atomic E-state index is -0.296. The second-order valence-corrected chi connectivity index (χ2v) is 5.75. The molecule has 0 bridgehead atoms. The third kappa shape index (κ3) is 3.67. The molecule has 1 aromatic rings. The Morgan fingerprint density at radius 3 is 2.90 bits per heavy atom. The van der Waals surface area contributed by atoms with Crippen LogP contribution >= 0.6 is 0 Å². The van der Waals surface area contributed by atoms with Gasteiger partial charge in [-0.15, -0.1) is 0 Å². The molecule has 1 aliphatic heterocycles. The quantitative estimate of drug-likeness (QED) is 0.664. The molecule has 1 saturated heterocycles. The fraction of sp³-hybridized carbons (Fsp3) is 0.562. The Labute approximate surface area is 126 Å². The van der Waals surface area contributed by atoms with Crippen LogP contribution in [-0.2, 0) is 4.74 Å². The fourth-order valence-electron chi connectivity index (χ4n) is 2.94. The number of nitrogens with zero attached hydrogens (tertiary/aromatic N) is 2. The van der Waals surface area contributed by atoms with Crippen molar-refractivity contribution in [3.05, 3.63) is 23.8 Å². The van der Waals surface area contributed by atoms with Crippen molar-refractivity contribution in [2.24, 2.45) is 0 Å². The number of esters is 1. The summed E-state index contributed by atoms with van der Waals surface area (Å²) in [5.41, 5.74) is 7.94. The number of rotatable bonds is 5. The monoisotopic (exact) mass is 291 g/mol. The van der Waals surface area contributed by atoms with Crippen molar-refractivity contribution in [1.29, 1.82) is 0 Å². The maximum Gasteiger partial charge on any atom is 0.340 e. The Morgan fingerprint density at radius 1 is 1.48 bits per heavy atom. The fourth-order valence-corrected chi connectivity index (χ4v) is 2.94. The number of carbonyl (C=O) groups excluding carboxylic acids is 1. The topological polar surface area (TPSA) is 58.8 Å². The minimum absolute atomic E-state index is 0.296. The maximum atomic E-state index is 12.2. The molecule has 1 aliphatic rings. The molecule has 1 fully saturated rings. The van der Waals surface area contributed by atoms with Gasteiger partial charge in [0.2, 0.25) is 0 Å². The molecule has 1 aromatic carbocycles. The number of nitrogens with two attached hydrogens (primary N) is 1. The van der Waals surface area contributed by atoms with Crippen molar-refractivity contribution >= 4 is 17.3 Å². The number of nitrogen functional groups attached to an aromatic ring is 1. The molecule has 1 heterocycles. The van der Waals surface area contributed by atoms with E-state index in [1.807, 2.05) is 19.1 Å². The lowest BCUT2D eigenvalue weighted by molar-refractivity contribution is 0.0527. The predicted octanol–water partition coefficient (Wildman–Crippen LogP) is 1.98. The Bertz CT molecular complexity index is 502. The lowest BCUT2D eigenvalue weighted by atomic mass is 10.1. The highest BCUT2D eigenvalue weighted by Crippen LogP contribution is 2.31. The smallest absolute Gasteiger partial charge is 0.340 e. The molecule has 1 atom stereocenters. The second-order valence-electron chi connectivity index (χ2n) is 5.75. The van der Waals surface area contributed by atoms with E-state index in [1.165, 1.54) is 0 Å². The minimum Gasteiger partial charge on any atom is -0.462 e. The van der Waals surface area contributed by atoms with Gasteiger partial charge in [0.15, 0.2) is 0 Å². The molecule has 5 heteroatoms. The van der Waals surface area contributed by atoms with Crippen LogP contribution < -0.4 is 10.6 Å². The van der Waals surface area contributed by atoms with E-state index in [0.717, 1.165) is 31.6 Å². The number of hydrogen-bond donors (Lipinski definition) is 1. The van der Waals surface area contributed by atoms with Crippen LogP contribution in [0.15, 0.2) is 18.2 Å². The van der Waals surface area contributed by atoms with E-state index in [-0.39, 0.29) is 5.97 Å². The summed E-state index contributed by atoms with van der Waals surface area (Å²) in [4.78, 5) is 16.7. The van der Waals surface area contributed by atoms with E-state index in [4.69, 9.17) is 10.5 Å². The summed E-state index contributed by atoms with van der Waals surface area (Å²) in [6, 6.07) is 5.94. The summed E-state index contributed by atoms with van der Waals surface area (Å²) < 4.78 is 5.17. The summed E-state index contributed by atoms with van der Waals surface area (Å²) >= 11 is 0. The predicted molar refractivity (Wildman–Crippen MR) is 85.7 cm³/mol. The number of carbonyl (C=O) groups is 1. The van der Waals surface area contributed by atoms with Gasteiger partial charge in [0.1, 0.15) is 0 Å². The summed E-state index contributed by atoms with van der Waals surface area (Å²) in [5, 5.41) is 0. The first-order chi connectivity index (χ1) is 10.0. The van der Waals surface area contributed by atoms with Crippen molar-refractivity contribution in [3.63, 3.8) is 0 Å². The highest BCUT2D eigenvalue weighted by atomic mass is 16.5. The Morgan fingerprint density at radius 2 is 2.24 bits per heavy atom. The zero-order valence-electron chi connectivity index (χ0n) is 13.1. The molecule has 2 rings (SSSR count). The summed E-state index contributed by atoms with van der Waals surface area (Å²) in [6.45, 7) is 4.13. The molecule has 1 unspecified atom stereocenters. The third-order valence-corrected chi connectivity index (χ3v) is 3.78. The van der Waals surface area contributed by atoms with E-state index in [1.54, 1.807) is 6.07 Å². The van der Waals surface area contributed by atoms with Gasteiger partial charge in [0.05, 0.1) is 17.9 Å². The van der Waals surface area contributed by atoms with Crippen molar-refractivity contribution in [2.75, 3.05) is 44.4 Å². The van der Waals surface area contributed by atoms with Gasteiger partial charge in [0.25, 0.3) is 0 Å². The molecule has 0 aromatic heterocycles. The van der Waals surface area contributed by atoms with E-state index in [9.17, 15) is 4.79 Å². The molecule has 0 saturated carbocycles. The van der Waals surface area contributed by atoms with Gasteiger partial charge in [0, 0.05) is 24.8 Å². The van der Waals surface area contributed by atoms with E-state index in [0.29, 0.717) is 23.9 Å². The lowest BCUT2D eigenvalue weighted by Crippen LogP contribution is -2.38. The van der Waals surface area contributed by atoms with Crippen molar-refractivity contribution < 1.29 is 9.53 Å². The molecule has 0 aliphatic carbocycles. The van der Waals surface area contributed by atoms with Gasteiger partial charge in [-0.05, 0) is 52.1 Å². The van der Waals surface area contributed by atoms with Crippen LogP contribution in [0.5, 0.6) is 0 Å². The van der Waals surface area contributed by atoms with Gasteiger partial charge in [-0.25, -0.2) is 4.79 Å². The normalized spacial score (nSPS) is 18.3.